The van der Waals surface area contributed by atoms with Crippen LogP contribution in [-0.4, -0.2) is 41.6 Å². The summed E-state index contributed by atoms with van der Waals surface area (Å²) < 4.78 is 40.9. The molecule has 0 saturated heterocycles. The lowest BCUT2D eigenvalue weighted by atomic mass is 9.91. The fourth-order valence-electron chi connectivity index (χ4n) is 4.03. The number of anilines is 4. The number of hydrogen-bond donors (Lipinski definition) is 5. The van der Waals surface area contributed by atoms with E-state index in [-0.39, 0.29) is 35.0 Å². The number of rotatable bonds is 8. The summed E-state index contributed by atoms with van der Waals surface area (Å²) in [7, 11) is -3.72. The number of primary amides is 1. The van der Waals surface area contributed by atoms with Crippen molar-refractivity contribution in [1.82, 2.24) is 9.97 Å². The Kier molecular flexibility index (Phi) is 7.24. The normalized spacial score (nSPS) is 18.3. The number of hydrogen-bond acceptors (Lipinski definition) is 8. The van der Waals surface area contributed by atoms with Gasteiger partial charge in [0.2, 0.25) is 10.0 Å². The Hall–Kier alpha value is -3.22. The number of benzene rings is 1. The van der Waals surface area contributed by atoms with Crippen molar-refractivity contribution in [3.63, 3.8) is 0 Å². The van der Waals surface area contributed by atoms with Gasteiger partial charge in [-0.05, 0) is 31.0 Å². The molecule has 4 rings (SSSR count). The van der Waals surface area contributed by atoms with Gasteiger partial charge in [0.1, 0.15) is 11.0 Å². The lowest BCUT2D eigenvalue weighted by Gasteiger charge is -2.30. The molecule has 1 unspecified atom stereocenters. The Morgan fingerprint density at radius 3 is 2.69 bits per heavy atom. The molecule has 0 radical (unpaired) electrons. The number of halogens is 2. The maximum atomic E-state index is 14.7. The molecule has 10 nitrogen and oxygen atoms in total. The Balaban J connectivity index is 1.66. The fraction of sp³-hybridized carbons (Fsp3) is 0.318. The highest BCUT2D eigenvalue weighted by Gasteiger charge is 2.24. The molecule has 0 spiro atoms. The van der Waals surface area contributed by atoms with E-state index < -0.39 is 27.0 Å². The standard InChI is InChI=1S/C22H25ClFN7O3S/c23-11-35(33,34)31-18-7-3-4-12-8-13(10-27-19(12)18)28-21-14(20(26)32)9-15(24)22(30-21)29-17-6-2-1-5-16(17)25/h3-4,7-10,16-17,31H,1-2,5-6,11,25H2,(H2,26,32)(H2,28,29,30)/t16-,17?/m0/s1. The first-order valence-electron chi connectivity index (χ1n) is 10.9. The maximum Gasteiger partial charge on any atom is 0.252 e. The molecule has 1 fully saturated rings. The highest BCUT2D eigenvalue weighted by atomic mass is 35.5. The third-order valence-electron chi connectivity index (χ3n) is 5.77. The van der Waals surface area contributed by atoms with Crippen molar-refractivity contribution in [3.8, 4) is 0 Å². The summed E-state index contributed by atoms with van der Waals surface area (Å²) in [5, 5.41) is 6.03. The summed E-state index contributed by atoms with van der Waals surface area (Å²) in [6, 6.07) is 7.38. The molecule has 2 heterocycles. The monoisotopic (exact) mass is 521 g/mol. The van der Waals surface area contributed by atoms with Crippen LogP contribution < -0.4 is 26.8 Å². The van der Waals surface area contributed by atoms with Gasteiger partial charge in [0.15, 0.2) is 11.6 Å². The zero-order valence-electron chi connectivity index (χ0n) is 18.6. The van der Waals surface area contributed by atoms with Crippen LogP contribution in [0.5, 0.6) is 0 Å². The van der Waals surface area contributed by atoms with Gasteiger partial charge in [-0.25, -0.2) is 17.8 Å². The predicted octanol–water partition coefficient (Wildman–Crippen LogP) is 3.23. The van der Waals surface area contributed by atoms with Crippen molar-refractivity contribution in [2.45, 2.75) is 37.8 Å². The lowest BCUT2D eigenvalue weighted by Crippen LogP contribution is -2.43. The minimum atomic E-state index is -3.72. The number of nitrogens with zero attached hydrogens (tertiary/aromatic N) is 2. The summed E-state index contributed by atoms with van der Waals surface area (Å²) in [4.78, 5) is 20.6. The largest absolute Gasteiger partial charge is 0.365 e. The molecule has 0 bridgehead atoms. The second-order valence-corrected chi connectivity index (χ2v) is 10.6. The van der Waals surface area contributed by atoms with Gasteiger partial charge in [-0.15, -0.1) is 11.6 Å². The molecule has 1 amide bonds. The van der Waals surface area contributed by atoms with Crippen LogP contribution in [0, 0.1) is 5.82 Å². The first-order chi connectivity index (χ1) is 16.7. The number of alkyl halides is 1. The van der Waals surface area contributed by atoms with Gasteiger partial charge in [-0.3, -0.25) is 14.5 Å². The van der Waals surface area contributed by atoms with Crippen LogP contribution in [0.4, 0.5) is 27.4 Å². The second-order valence-electron chi connectivity index (χ2n) is 8.33. The second kappa shape index (κ2) is 10.2. The van der Waals surface area contributed by atoms with Crippen LogP contribution in [0.15, 0.2) is 36.5 Å². The van der Waals surface area contributed by atoms with Crippen LogP contribution in [0.3, 0.4) is 0 Å². The summed E-state index contributed by atoms with van der Waals surface area (Å²) in [5.41, 5.74) is 12.6. The number of aromatic nitrogens is 2. The zero-order chi connectivity index (χ0) is 25.2. The average Bonchev–Trinajstić information content (AvgIpc) is 2.82. The molecule has 0 aliphatic heterocycles. The first-order valence-corrected chi connectivity index (χ1v) is 13.1. The van der Waals surface area contributed by atoms with Crippen molar-refractivity contribution in [3.05, 3.63) is 47.9 Å². The van der Waals surface area contributed by atoms with E-state index in [1.54, 1.807) is 24.3 Å². The molecule has 1 aromatic carbocycles. The Bertz CT molecular complexity index is 1370. The van der Waals surface area contributed by atoms with E-state index >= 15 is 0 Å². The van der Waals surface area contributed by atoms with Gasteiger partial charge in [-0.1, -0.05) is 25.0 Å². The molecule has 13 heteroatoms. The molecule has 35 heavy (non-hydrogen) atoms. The van der Waals surface area contributed by atoms with E-state index in [2.05, 4.69) is 25.3 Å². The van der Waals surface area contributed by atoms with Crippen molar-refractivity contribution in [2.24, 2.45) is 11.5 Å². The van der Waals surface area contributed by atoms with Crippen LogP contribution in [0.2, 0.25) is 0 Å². The van der Waals surface area contributed by atoms with E-state index in [0.717, 1.165) is 31.7 Å². The van der Waals surface area contributed by atoms with Crippen LogP contribution in [0.1, 0.15) is 36.0 Å². The quantitative estimate of drug-likeness (QED) is 0.282. The molecular formula is C22H25ClFN7O3S. The molecular weight excluding hydrogens is 497 g/mol. The minimum Gasteiger partial charge on any atom is -0.365 e. The van der Waals surface area contributed by atoms with Crippen molar-refractivity contribution in [1.29, 1.82) is 0 Å². The Labute approximate surface area is 206 Å². The molecule has 2 atom stereocenters. The Morgan fingerprint density at radius 2 is 1.97 bits per heavy atom. The number of sulfonamides is 1. The molecule has 1 aliphatic rings. The average molecular weight is 522 g/mol. The minimum absolute atomic E-state index is 0.0358. The van der Waals surface area contributed by atoms with Gasteiger partial charge >= 0.3 is 0 Å². The molecule has 3 aromatic rings. The number of nitrogens with one attached hydrogen (secondary N) is 3. The summed E-state index contributed by atoms with van der Waals surface area (Å²) in [5.74, 6) is -1.56. The van der Waals surface area contributed by atoms with Crippen molar-refractivity contribution in [2.75, 3.05) is 20.6 Å². The fourth-order valence-corrected chi connectivity index (χ4v) is 4.75. The summed E-state index contributed by atoms with van der Waals surface area (Å²) >= 11 is 5.48. The number of nitrogens with two attached hydrogens (primary N) is 2. The molecule has 2 aromatic heterocycles. The van der Waals surface area contributed by atoms with Gasteiger partial charge in [0, 0.05) is 17.5 Å². The smallest absolute Gasteiger partial charge is 0.252 e. The van der Waals surface area contributed by atoms with E-state index in [0.29, 0.717) is 16.6 Å². The zero-order valence-corrected chi connectivity index (χ0v) is 20.2. The molecule has 1 saturated carbocycles. The number of amides is 1. The number of fused-ring (bicyclic) bond motifs is 1. The number of carbonyl (C=O) groups is 1. The first kappa shape index (κ1) is 24.9. The highest BCUT2D eigenvalue weighted by Crippen LogP contribution is 2.29. The highest BCUT2D eigenvalue weighted by molar-refractivity contribution is 7.93. The van der Waals surface area contributed by atoms with Crippen molar-refractivity contribution >= 4 is 61.4 Å². The summed E-state index contributed by atoms with van der Waals surface area (Å²) in [6.45, 7) is 0. The maximum absolute atomic E-state index is 14.7. The third kappa shape index (κ3) is 5.72. The topological polar surface area (TPSA) is 165 Å². The van der Waals surface area contributed by atoms with E-state index in [9.17, 15) is 17.6 Å². The van der Waals surface area contributed by atoms with E-state index in [1.807, 2.05) is 0 Å². The SMILES string of the molecule is NC(=O)c1cc(F)c(NC2CCCC[C@@H]2N)nc1Nc1cnc2c(NS(=O)(=O)CCl)cccc2c1. The third-order valence-corrected chi connectivity index (χ3v) is 7.45. The molecule has 7 N–H and O–H groups in total. The molecule has 186 valence electrons. The Morgan fingerprint density at radius 1 is 1.20 bits per heavy atom. The van der Waals surface area contributed by atoms with Crippen LogP contribution >= 0.6 is 11.6 Å². The number of carbonyl (C=O) groups excluding carboxylic acids is 1. The number of pyridine rings is 2. The van der Waals surface area contributed by atoms with Gasteiger partial charge in [-0.2, -0.15) is 0 Å². The van der Waals surface area contributed by atoms with E-state index in [1.165, 1.54) is 6.20 Å². The summed E-state index contributed by atoms with van der Waals surface area (Å²) in [6.07, 6.45) is 5.04. The van der Waals surface area contributed by atoms with Gasteiger partial charge < -0.3 is 22.1 Å². The van der Waals surface area contributed by atoms with E-state index in [4.69, 9.17) is 23.1 Å². The lowest BCUT2D eigenvalue weighted by molar-refractivity contribution is 0.100. The van der Waals surface area contributed by atoms with Gasteiger partial charge in [0.25, 0.3) is 5.91 Å². The van der Waals surface area contributed by atoms with Crippen molar-refractivity contribution < 1.29 is 17.6 Å². The predicted molar refractivity (Wildman–Crippen MR) is 135 cm³/mol. The van der Waals surface area contributed by atoms with Crippen LogP contribution in [-0.2, 0) is 10.0 Å². The molecule has 1 aliphatic carbocycles. The number of para-hydroxylation sites is 1. The van der Waals surface area contributed by atoms with Crippen LogP contribution in [0.25, 0.3) is 10.9 Å². The van der Waals surface area contributed by atoms with Gasteiger partial charge in [0.05, 0.1) is 28.7 Å².